The normalized spacial score (nSPS) is 20.2. The van der Waals surface area contributed by atoms with E-state index in [1.165, 1.54) is 46.0 Å². The number of carbonyl (C=O) groups is 7. The number of allylic oxidation sites excluding steroid dienone is 2. The summed E-state index contributed by atoms with van der Waals surface area (Å²) in [6.07, 6.45) is 11.2. The summed E-state index contributed by atoms with van der Waals surface area (Å²) < 4.78 is 45.7. The molecule has 0 saturated carbocycles. The summed E-state index contributed by atoms with van der Waals surface area (Å²) in [5.41, 5.74) is 0. The largest absolute Gasteiger partial charge is 0.463 e. The van der Waals surface area contributed by atoms with Crippen molar-refractivity contribution in [2.75, 3.05) is 13.2 Å². The lowest BCUT2D eigenvalue weighted by Gasteiger charge is -2.44. The first-order chi connectivity index (χ1) is 29.1. The molecule has 1 aliphatic rings. The summed E-state index contributed by atoms with van der Waals surface area (Å²) in [5, 5.41) is 2.93. The molecule has 0 aromatic carbocycles. The molecule has 0 aliphatic carbocycles. The van der Waals surface area contributed by atoms with Crippen molar-refractivity contribution in [3.63, 3.8) is 0 Å². The van der Waals surface area contributed by atoms with Gasteiger partial charge in [-0.15, -0.1) is 0 Å². The van der Waals surface area contributed by atoms with Crippen molar-refractivity contribution in [3.8, 4) is 0 Å². The Bertz CT molecular complexity index is 1350. The van der Waals surface area contributed by atoms with Gasteiger partial charge in [-0.2, -0.15) is 0 Å². The molecular weight excluding hydrogens is 794 g/mol. The fraction of sp³-hybridized carbons (Fsp3) is 0.800. The first-order valence-electron chi connectivity index (χ1n) is 22.3. The van der Waals surface area contributed by atoms with Crippen LogP contribution in [-0.2, 0) is 71.5 Å². The van der Waals surface area contributed by atoms with Gasteiger partial charge in [-0.25, -0.2) is 0 Å². The average molecular weight is 870 g/mol. The highest BCUT2D eigenvalue weighted by Crippen LogP contribution is 2.31. The van der Waals surface area contributed by atoms with E-state index >= 15 is 0 Å². The van der Waals surface area contributed by atoms with Crippen molar-refractivity contribution in [3.05, 3.63) is 12.2 Å². The number of ether oxygens (including phenoxy) is 8. The molecule has 16 heteroatoms. The number of hydrogen-bond acceptors (Lipinski definition) is 15. The molecule has 1 amide bonds. The van der Waals surface area contributed by atoms with Crippen LogP contribution in [0.5, 0.6) is 0 Å². The van der Waals surface area contributed by atoms with Crippen LogP contribution in [0, 0.1) is 0 Å². The zero-order valence-corrected chi connectivity index (χ0v) is 38.0. The third-order valence-electron chi connectivity index (χ3n) is 9.87. The van der Waals surface area contributed by atoms with Crippen molar-refractivity contribution in [2.24, 2.45) is 0 Å². The molecule has 0 aromatic rings. The third kappa shape index (κ3) is 25.5. The van der Waals surface area contributed by atoms with Crippen LogP contribution >= 0.6 is 0 Å². The molecule has 350 valence electrons. The van der Waals surface area contributed by atoms with Crippen molar-refractivity contribution >= 4 is 41.7 Å². The van der Waals surface area contributed by atoms with Gasteiger partial charge in [0, 0.05) is 48.0 Å². The Kier molecular flexibility index (Phi) is 29.4. The average Bonchev–Trinajstić information content (AvgIpc) is 3.17. The van der Waals surface area contributed by atoms with Gasteiger partial charge in [0.15, 0.2) is 30.7 Å². The Balaban J connectivity index is 3.50. The molecule has 0 radical (unpaired) electrons. The molecule has 1 rings (SSSR count). The number of hydrogen-bond donors (Lipinski definition) is 1. The van der Waals surface area contributed by atoms with Crippen molar-refractivity contribution in [2.45, 2.75) is 220 Å². The van der Waals surface area contributed by atoms with Crippen molar-refractivity contribution < 1.29 is 71.5 Å². The van der Waals surface area contributed by atoms with Gasteiger partial charge >= 0.3 is 35.8 Å². The minimum absolute atomic E-state index is 0.154. The second-order valence-corrected chi connectivity index (χ2v) is 15.6. The summed E-state index contributed by atoms with van der Waals surface area (Å²) in [6, 6.07) is -1.15. The van der Waals surface area contributed by atoms with Gasteiger partial charge in [0.05, 0.1) is 12.6 Å². The van der Waals surface area contributed by atoms with Crippen LogP contribution in [0.1, 0.15) is 171 Å². The first-order valence-corrected chi connectivity index (χ1v) is 22.3. The Hall–Kier alpha value is -4.05. The summed E-state index contributed by atoms with van der Waals surface area (Å²) in [6.45, 7) is 10.3. The zero-order chi connectivity index (χ0) is 45.6. The van der Waals surface area contributed by atoms with Crippen LogP contribution in [0.2, 0.25) is 0 Å². The number of carbonyl (C=O) groups excluding carboxylic acids is 7. The quantitative estimate of drug-likeness (QED) is 0.0311. The molecule has 1 N–H and O–H groups in total. The van der Waals surface area contributed by atoms with Gasteiger partial charge in [-0.05, 0) is 38.5 Å². The van der Waals surface area contributed by atoms with Crippen molar-refractivity contribution in [1.29, 1.82) is 0 Å². The minimum Gasteiger partial charge on any atom is -0.463 e. The van der Waals surface area contributed by atoms with E-state index in [-0.39, 0.29) is 18.7 Å². The highest BCUT2D eigenvalue weighted by atomic mass is 16.7. The van der Waals surface area contributed by atoms with Gasteiger partial charge in [-0.3, -0.25) is 33.6 Å². The van der Waals surface area contributed by atoms with E-state index in [0.717, 1.165) is 85.5 Å². The topological polar surface area (TPSA) is 205 Å². The van der Waals surface area contributed by atoms with Gasteiger partial charge < -0.3 is 43.2 Å². The van der Waals surface area contributed by atoms with E-state index in [0.29, 0.717) is 12.8 Å². The highest BCUT2D eigenvalue weighted by Gasteiger charge is 2.53. The monoisotopic (exact) mass is 870 g/mol. The summed E-state index contributed by atoms with van der Waals surface area (Å²) in [7, 11) is 0. The van der Waals surface area contributed by atoms with Gasteiger partial charge in [0.2, 0.25) is 5.91 Å². The molecule has 0 bridgehead atoms. The molecule has 61 heavy (non-hydrogen) atoms. The number of unbranched alkanes of at least 4 members (excludes halogenated alkanes) is 13. The zero-order valence-electron chi connectivity index (χ0n) is 38.0. The van der Waals surface area contributed by atoms with Crippen LogP contribution in [0.25, 0.3) is 0 Å². The Morgan fingerprint density at radius 1 is 0.574 bits per heavy atom. The molecular formula is C45H75NO15. The molecule has 1 fully saturated rings. The maximum absolute atomic E-state index is 13.6. The molecule has 0 spiro atoms. The lowest BCUT2D eigenvalue weighted by Crippen LogP contribution is -2.63. The predicted octanol–water partition coefficient (Wildman–Crippen LogP) is 7.05. The van der Waals surface area contributed by atoms with Gasteiger partial charge in [0.1, 0.15) is 18.8 Å². The smallest absolute Gasteiger partial charge is 0.303 e. The SMILES string of the molecule is CCCC/C=C/CCCC[C@@H](OC(C)=O)[C@@H](OC(C)=O)[C@H](CO[C@@H]1O[C@H](COC(C)=O)[C@@H](OC(C)=O)[C@H](OC(C)=O)[C@H]1OC(C)=O)NC(=O)CCCCCCCCCCCC. The predicted molar refractivity (Wildman–Crippen MR) is 225 cm³/mol. The fourth-order valence-electron chi connectivity index (χ4n) is 7.07. The highest BCUT2D eigenvalue weighted by molar-refractivity contribution is 5.76. The van der Waals surface area contributed by atoms with Gasteiger partial charge in [0.25, 0.3) is 0 Å². The maximum atomic E-state index is 13.6. The lowest BCUT2D eigenvalue weighted by atomic mass is 9.97. The summed E-state index contributed by atoms with van der Waals surface area (Å²) >= 11 is 0. The van der Waals surface area contributed by atoms with Gasteiger partial charge in [-0.1, -0.05) is 96.6 Å². The van der Waals surface area contributed by atoms with Crippen LogP contribution in [0.3, 0.4) is 0 Å². The molecule has 0 aromatic heterocycles. The Labute approximate surface area is 363 Å². The van der Waals surface area contributed by atoms with E-state index in [4.69, 9.17) is 37.9 Å². The van der Waals surface area contributed by atoms with E-state index in [2.05, 4.69) is 31.3 Å². The standard InChI is InChI=1S/C45H75NO15/c1-9-11-13-15-17-19-20-22-24-26-28-40(53)46-37(41(57-33(5)49)38(56-32(4)48)27-25-23-21-18-16-14-12-10-2)29-55-45-44(60-36(8)52)43(59-35(7)51)42(58-34(6)50)39(61-45)30-54-31(3)47/h16,18,37-39,41-45H,9-15,17,19-30H2,1-8H3,(H,46,53)/b18-16+/t37-,38+,39+,41-,42+,43-,44+,45+/m0/s1. The van der Waals surface area contributed by atoms with E-state index in [1.54, 1.807) is 0 Å². The number of esters is 6. The maximum Gasteiger partial charge on any atom is 0.303 e. The number of rotatable bonds is 32. The van der Waals surface area contributed by atoms with E-state index < -0.39 is 98.0 Å². The Morgan fingerprint density at radius 2 is 1.10 bits per heavy atom. The number of amides is 1. The molecule has 1 heterocycles. The van der Waals surface area contributed by atoms with E-state index in [9.17, 15) is 33.6 Å². The van der Waals surface area contributed by atoms with Crippen LogP contribution in [-0.4, -0.2) is 104 Å². The first kappa shape index (κ1) is 55.0. The molecule has 8 atom stereocenters. The van der Waals surface area contributed by atoms with Crippen molar-refractivity contribution in [1.82, 2.24) is 5.32 Å². The molecule has 1 aliphatic heterocycles. The fourth-order valence-corrected chi connectivity index (χ4v) is 7.07. The second-order valence-electron chi connectivity index (χ2n) is 15.6. The molecule has 16 nitrogen and oxygen atoms in total. The summed E-state index contributed by atoms with van der Waals surface area (Å²) in [4.78, 5) is 87.7. The second kappa shape index (κ2) is 32.6. The molecule has 1 saturated heterocycles. The van der Waals surface area contributed by atoms with Crippen LogP contribution < -0.4 is 5.32 Å². The lowest BCUT2D eigenvalue weighted by molar-refractivity contribution is -0.310. The number of nitrogens with one attached hydrogen (secondary N) is 1. The molecule has 0 unspecified atom stereocenters. The minimum atomic E-state index is -1.58. The van der Waals surface area contributed by atoms with Crippen LogP contribution in [0.4, 0.5) is 0 Å². The van der Waals surface area contributed by atoms with E-state index in [1.807, 2.05) is 0 Å². The summed E-state index contributed by atoms with van der Waals surface area (Å²) in [5.74, 6) is -4.83. The third-order valence-corrected chi connectivity index (χ3v) is 9.87. The van der Waals surface area contributed by atoms with Crippen LogP contribution in [0.15, 0.2) is 12.2 Å². The Morgan fingerprint density at radius 3 is 1.64 bits per heavy atom.